The maximum atomic E-state index is 12.8. The Balaban J connectivity index is 1.67. The SMILES string of the molecule is N#Cc1c2c(nc3ccccc13)CCn1ccc(OC(=O)c3c(Cl)cccc3Cl)c1-2. The van der Waals surface area contributed by atoms with Crippen molar-refractivity contribution in [1.29, 1.82) is 5.26 Å². The molecular weight excluding hydrogens is 421 g/mol. The predicted molar refractivity (Wildman–Crippen MR) is 115 cm³/mol. The molecule has 0 bridgehead atoms. The molecule has 0 saturated carbocycles. The Morgan fingerprint density at radius 3 is 2.63 bits per heavy atom. The van der Waals surface area contributed by atoms with Crippen LogP contribution in [0.3, 0.4) is 0 Å². The van der Waals surface area contributed by atoms with Crippen molar-refractivity contribution in [3.8, 4) is 23.1 Å². The lowest BCUT2D eigenvalue weighted by Gasteiger charge is -2.22. The van der Waals surface area contributed by atoms with E-state index in [4.69, 9.17) is 32.9 Å². The van der Waals surface area contributed by atoms with Gasteiger partial charge in [0.05, 0.1) is 38.1 Å². The van der Waals surface area contributed by atoms with Crippen LogP contribution in [0.15, 0.2) is 54.7 Å². The first-order chi connectivity index (χ1) is 14.6. The molecule has 0 saturated heterocycles. The van der Waals surface area contributed by atoms with Crippen LogP contribution in [-0.4, -0.2) is 15.5 Å². The molecule has 0 fully saturated rings. The highest BCUT2D eigenvalue weighted by atomic mass is 35.5. The molecule has 1 aliphatic rings. The van der Waals surface area contributed by atoms with Gasteiger partial charge in [-0.3, -0.25) is 4.98 Å². The van der Waals surface area contributed by atoms with Crippen LogP contribution in [0.2, 0.25) is 10.0 Å². The van der Waals surface area contributed by atoms with Crippen molar-refractivity contribution < 1.29 is 9.53 Å². The fourth-order valence-corrected chi connectivity index (χ4v) is 4.42. The Morgan fingerprint density at radius 1 is 1.10 bits per heavy atom. The summed E-state index contributed by atoms with van der Waals surface area (Å²) in [4.78, 5) is 17.6. The number of aryl methyl sites for hydroxylation is 2. The third kappa shape index (κ3) is 2.85. The fourth-order valence-electron chi connectivity index (χ4n) is 3.87. The van der Waals surface area contributed by atoms with E-state index < -0.39 is 5.97 Å². The van der Waals surface area contributed by atoms with Gasteiger partial charge in [0.1, 0.15) is 6.07 Å². The topological polar surface area (TPSA) is 67.9 Å². The molecule has 0 radical (unpaired) electrons. The number of benzene rings is 2. The molecule has 30 heavy (non-hydrogen) atoms. The summed E-state index contributed by atoms with van der Waals surface area (Å²) in [5, 5.41) is 11.1. The van der Waals surface area contributed by atoms with E-state index in [1.54, 1.807) is 24.3 Å². The first kappa shape index (κ1) is 18.7. The minimum Gasteiger partial charge on any atom is -0.421 e. The maximum absolute atomic E-state index is 12.8. The molecule has 5 rings (SSSR count). The summed E-state index contributed by atoms with van der Waals surface area (Å²) < 4.78 is 7.67. The number of carbonyl (C=O) groups excluding carboxylic acids is 1. The average Bonchev–Trinajstić information content (AvgIpc) is 3.14. The normalized spacial score (nSPS) is 12.2. The Bertz CT molecular complexity index is 1370. The van der Waals surface area contributed by atoms with Crippen molar-refractivity contribution in [3.05, 3.63) is 81.6 Å². The predicted octanol–water partition coefficient (Wildman–Crippen LogP) is 5.66. The molecule has 5 nitrogen and oxygen atoms in total. The van der Waals surface area contributed by atoms with E-state index in [2.05, 4.69) is 6.07 Å². The second kappa shape index (κ2) is 7.17. The molecule has 0 aliphatic carbocycles. The summed E-state index contributed by atoms with van der Waals surface area (Å²) in [6.07, 6.45) is 2.52. The highest BCUT2D eigenvalue weighted by Crippen LogP contribution is 2.41. The molecule has 7 heteroatoms. The van der Waals surface area contributed by atoms with Crippen molar-refractivity contribution in [2.45, 2.75) is 13.0 Å². The number of para-hydroxylation sites is 1. The molecule has 0 spiro atoms. The number of rotatable bonds is 2. The third-order valence-corrected chi connectivity index (χ3v) is 5.83. The van der Waals surface area contributed by atoms with Gasteiger partial charge in [-0.15, -0.1) is 0 Å². The quantitative estimate of drug-likeness (QED) is 0.382. The van der Waals surface area contributed by atoms with Gasteiger partial charge in [0, 0.05) is 30.1 Å². The Kier molecular flexibility index (Phi) is 4.47. The molecule has 4 aromatic rings. The standard InChI is InChI=1S/C23H13Cl2N3O2/c24-15-5-3-6-16(25)21(15)23(29)30-19-9-11-28-10-8-18-20(22(19)28)14(12-26)13-4-1-2-7-17(13)27-18/h1-7,9,11H,8,10H2. The lowest BCUT2D eigenvalue weighted by molar-refractivity contribution is 0.0736. The molecule has 2 aromatic carbocycles. The van der Waals surface area contributed by atoms with Gasteiger partial charge in [-0.1, -0.05) is 47.5 Å². The van der Waals surface area contributed by atoms with Crippen LogP contribution < -0.4 is 4.74 Å². The van der Waals surface area contributed by atoms with Crippen LogP contribution in [0, 0.1) is 11.3 Å². The van der Waals surface area contributed by atoms with E-state index in [0.29, 0.717) is 35.5 Å². The zero-order valence-electron chi connectivity index (χ0n) is 15.5. The Morgan fingerprint density at radius 2 is 1.87 bits per heavy atom. The number of hydrogen-bond acceptors (Lipinski definition) is 4. The summed E-state index contributed by atoms with van der Waals surface area (Å²) in [6.45, 7) is 0.670. The minimum absolute atomic E-state index is 0.106. The highest BCUT2D eigenvalue weighted by Gasteiger charge is 2.28. The molecule has 0 N–H and O–H groups in total. The van der Waals surface area contributed by atoms with E-state index in [0.717, 1.165) is 16.6 Å². The van der Waals surface area contributed by atoms with Crippen molar-refractivity contribution in [2.24, 2.45) is 0 Å². The van der Waals surface area contributed by atoms with Crippen molar-refractivity contribution in [1.82, 2.24) is 9.55 Å². The van der Waals surface area contributed by atoms with Crippen LogP contribution in [0.4, 0.5) is 0 Å². The molecule has 0 amide bonds. The second-order valence-electron chi connectivity index (χ2n) is 6.90. The average molecular weight is 434 g/mol. The summed E-state index contributed by atoms with van der Waals surface area (Å²) >= 11 is 12.3. The molecular formula is C23H13Cl2N3O2. The van der Waals surface area contributed by atoms with Gasteiger partial charge in [-0.05, 0) is 24.3 Å². The number of aromatic nitrogens is 2. The van der Waals surface area contributed by atoms with E-state index >= 15 is 0 Å². The van der Waals surface area contributed by atoms with E-state index in [1.165, 1.54) is 0 Å². The number of fused-ring (bicyclic) bond motifs is 4. The lowest BCUT2D eigenvalue weighted by Crippen LogP contribution is -2.15. The minimum atomic E-state index is -0.654. The number of halogens is 2. The van der Waals surface area contributed by atoms with E-state index in [1.807, 2.05) is 35.0 Å². The van der Waals surface area contributed by atoms with E-state index in [9.17, 15) is 10.1 Å². The molecule has 3 heterocycles. The number of esters is 1. The van der Waals surface area contributed by atoms with Crippen molar-refractivity contribution >= 4 is 40.1 Å². The van der Waals surface area contributed by atoms with Gasteiger partial charge in [0.2, 0.25) is 0 Å². The molecule has 2 aromatic heterocycles. The third-order valence-electron chi connectivity index (χ3n) is 5.20. The molecule has 1 aliphatic heterocycles. The summed E-state index contributed by atoms with van der Waals surface area (Å²) in [5.41, 5.74) is 3.55. The number of carbonyl (C=O) groups is 1. The number of hydrogen-bond donors (Lipinski definition) is 0. The first-order valence-corrected chi connectivity index (χ1v) is 10.0. The zero-order chi connectivity index (χ0) is 20.8. The first-order valence-electron chi connectivity index (χ1n) is 9.26. The number of nitriles is 1. The Labute approximate surface area is 182 Å². The van der Waals surface area contributed by atoms with E-state index in [-0.39, 0.29) is 15.6 Å². The van der Waals surface area contributed by atoms with Crippen LogP contribution in [0.25, 0.3) is 22.2 Å². The van der Waals surface area contributed by atoms with Gasteiger partial charge in [0.25, 0.3) is 0 Å². The number of pyridine rings is 1. The number of ether oxygens (including phenoxy) is 1. The molecule has 0 atom stereocenters. The molecule has 0 unspecified atom stereocenters. The van der Waals surface area contributed by atoms with Gasteiger partial charge in [-0.25, -0.2) is 4.79 Å². The van der Waals surface area contributed by atoms with Crippen molar-refractivity contribution in [3.63, 3.8) is 0 Å². The van der Waals surface area contributed by atoms with Crippen LogP contribution in [-0.2, 0) is 13.0 Å². The van der Waals surface area contributed by atoms with Crippen molar-refractivity contribution in [2.75, 3.05) is 0 Å². The smallest absolute Gasteiger partial charge is 0.346 e. The van der Waals surface area contributed by atoms with Gasteiger partial charge in [-0.2, -0.15) is 5.26 Å². The highest BCUT2D eigenvalue weighted by molar-refractivity contribution is 6.39. The lowest BCUT2D eigenvalue weighted by atomic mass is 9.95. The zero-order valence-corrected chi connectivity index (χ0v) is 17.0. The second-order valence-corrected chi connectivity index (χ2v) is 7.71. The van der Waals surface area contributed by atoms with Gasteiger partial charge in [0.15, 0.2) is 5.75 Å². The van der Waals surface area contributed by atoms with Crippen LogP contribution in [0.1, 0.15) is 21.6 Å². The van der Waals surface area contributed by atoms with Gasteiger partial charge < -0.3 is 9.30 Å². The van der Waals surface area contributed by atoms with Gasteiger partial charge >= 0.3 is 5.97 Å². The summed E-state index contributed by atoms with van der Waals surface area (Å²) in [6, 6.07) is 16.4. The number of nitrogens with zero attached hydrogens (tertiary/aromatic N) is 3. The Hall–Kier alpha value is -3.33. The summed E-state index contributed by atoms with van der Waals surface area (Å²) in [7, 11) is 0. The maximum Gasteiger partial charge on any atom is 0.346 e. The monoisotopic (exact) mass is 433 g/mol. The van der Waals surface area contributed by atoms with Crippen LogP contribution in [0.5, 0.6) is 5.75 Å². The fraction of sp³-hybridized carbons (Fsp3) is 0.0870. The van der Waals surface area contributed by atoms with Crippen LogP contribution >= 0.6 is 23.2 Å². The largest absolute Gasteiger partial charge is 0.421 e. The molecule has 146 valence electrons. The summed E-state index contributed by atoms with van der Waals surface area (Å²) in [5.74, 6) is -0.315.